The predicted octanol–water partition coefficient (Wildman–Crippen LogP) is 0.705. The lowest BCUT2D eigenvalue weighted by Gasteiger charge is -2.06. The number of nitro groups is 1. The third-order valence-corrected chi connectivity index (χ3v) is 1.88. The Bertz CT molecular complexity index is 404. The molecule has 1 atom stereocenters. The van der Waals surface area contributed by atoms with Crippen LogP contribution in [0.2, 0.25) is 0 Å². The summed E-state index contributed by atoms with van der Waals surface area (Å²) in [6, 6.07) is 5.42. The van der Waals surface area contributed by atoms with Gasteiger partial charge in [0.25, 0.3) is 11.6 Å². The summed E-state index contributed by atoms with van der Waals surface area (Å²) in [4.78, 5) is 21.4. The van der Waals surface area contributed by atoms with E-state index in [-0.39, 0.29) is 17.8 Å². The minimum Gasteiger partial charge on any atom is -0.392 e. The van der Waals surface area contributed by atoms with Crippen LogP contribution in [0.4, 0.5) is 5.69 Å². The molecule has 0 saturated carbocycles. The van der Waals surface area contributed by atoms with Crippen LogP contribution in [0, 0.1) is 10.1 Å². The van der Waals surface area contributed by atoms with E-state index in [1.54, 1.807) is 0 Å². The van der Waals surface area contributed by atoms with Crippen LogP contribution in [0.1, 0.15) is 17.3 Å². The maximum absolute atomic E-state index is 11.5. The highest BCUT2D eigenvalue weighted by Crippen LogP contribution is 2.12. The van der Waals surface area contributed by atoms with E-state index >= 15 is 0 Å². The van der Waals surface area contributed by atoms with Crippen molar-refractivity contribution >= 4 is 11.6 Å². The van der Waals surface area contributed by atoms with E-state index in [0.29, 0.717) is 0 Å². The highest BCUT2D eigenvalue weighted by molar-refractivity contribution is 5.94. The Morgan fingerprint density at radius 2 is 2.31 bits per heavy atom. The van der Waals surface area contributed by atoms with Gasteiger partial charge >= 0.3 is 0 Å². The van der Waals surface area contributed by atoms with Crippen molar-refractivity contribution in [1.29, 1.82) is 0 Å². The molecule has 1 amide bonds. The number of carbonyl (C=O) groups excluding carboxylic acids is 1. The number of rotatable bonds is 4. The van der Waals surface area contributed by atoms with Crippen molar-refractivity contribution in [3.8, 4) is 0 Å². The van der Waals surface area contributed by atoms with Crippen LogP contribution in [0.25, 0.3) is 0 Å². The molecule has 1 rings (SSSR count). The zero-order valence-corrected chi connectivity index (χ0v) is 8.71. The topological polar surface area (TPSA) is 92.5 Å². The van der Waals surface area contributed by atoms with E-state index in [1.165, 1.54) is 31.2 Å². The number of nitrogens with zero attached hydrogens (tertiary/aromatic N) is 1. The molecule has 6 nitrogen and oxygen atoms in total. The monoisotopic (exact) mass is 224 g/mol. The Hall–Kier alpha value is -1.95. The molecule has 0 bridgehead atoms. The highest BCUT2D eigenvalue weighted by Gasteiger charge is 2.11. The molecule has 0 aliphatic carbocycles. The summed E-state index contributed by atoms with van der Waals surface area (Å²) in [5.74, 6) is -0.440. The Labute approximate surface area is 92.0 Å². The first-order valence-electron chi connectivity index (χ1n) is 4.71. The number of amides is 1. The van der Waals surface area contributed by atoms with Gasteiger partial charge in [0.1, 0.15) is 0 Å². The highest BCUT2D eigenvalue weighted by atomic mass is 16.6. The Morgan fingerprint density at radius 1 is 1.62 bits per heavy atom. The average molecular weight is 224 g/mol. The van der Waals surface area contributed by atoms with Crippen molar-refractivity contribution < 1.29 is 14.8 Å². The van der Waals surface area contributed by atoms with Crippen molar-refractivity contribution in [3.05, 3.63) is 39.9 Å². The van der Waals surface area contributed by atoms with Gasteiger partial charge in [-0.25, -0.2) is 0 Å². The van der Waals surface area contributed by atoms with Gasteiger partial charge in [-0.1, -0.05) is 6.07 Å². The number of non-ortho nitro benzene ring substituents is 1. The first kappa shape index (κ1) is 12.1. The molecule has 0 aliphatic rings. The smallest absolute Gasteiger partial charge is 0.270 e. The number of nitrogens with one attached hydrogen (secondary N) is 1. The molecule has 6 heteroatoms. The van der Waals surface area contributed by atoms with Crippen LogP contribution in [0.3, 0.4) is 0 Å². The molecule has 0 aliphatic heterocycles. The molecule has 1 unspecified atom stereocenters. The second-order valence-electron chi connectivity index (χ2n) is 3.37. The second-order valence-corrected chi connectivity index (χ2v) is 3.37. The normalized spacial score (nSPS) is 11.9. The van der Waals surface area contributed by atoms with Gasteiger partial charge in [0, 0.05) is 24.2 Å². The zero-order chi connectivity index (χ0) is 12.1. The molecule has 0 heterocycles. The number of hydrogen-bond acceptors (Lipinski definition) is 4. The second kappa shape index (κ2) is 5.22. The fraction of sp³-hybridized carbons (Fsp3) is 0.300. The number of nitro benzene ring substituents is 1. The van der Waals surface area contributed by atoms with E-state index in [9.17, 15) is 14.9 Å². The van der Waals surface area contributed by atoms with Gasteiger partial charge in [-0.2, -0.15) is 0 Å². The van der Waals surface area contributed by atoms with Gasteiger partial charge < -0.3 is 10.4 Å². The van der Waals surface area contributed by atoms with Crippen LogP contribution in [-0.2, 0) is 0 Å². The zero-order valence-electron chi connectivity index (χ0n) is 8.71. The van der Waals surface area contributed by atoms with Crippen LogP contribution in [0.5, 0.6) is 0 Å². The number of benzene rings is 1. The minimum absolute atomic E-state index is 0.113. The van der Waals surface area contributed by atoms with Crippen LogP contribution in [-0.4, -0.2) is 28.6 Å². The first-order chi connectivity index (χ1) is 7.50. The first-order valence-corrected chi connectivity index (χ1v) is 4.71. The van der Waals surface area contributed by atoms with Crippen molar-refractivity contribution in [2.24, 2.45) is 0 Å². The van der Waals surface area contributed by atoms with Gasteiger partial charge in [0.15, 0.2) is 0 Å². The molecule has 1 aromatic rings. The summed E-state index contributed by atoms with van der Waals surface area (Å²) < 4.78 is 0. The van der Waals surface area contributed by atoms with Crippen molar-refractivity contribution in [3.63, 3.8) is 0 Å². The molecule has 86 valence electrons. The summed E-state index contributed by atoms with van der Waals surface area (Å²) in [6.45, 7) is 1.65. The summed E-state index contributed by atoms with van der Waals surface area (Å²) >= 11 is 0. The maximum atomic E-state index is 11.5. The summed E-state index contributed by atoms with van der Waals surface area (Å²) in [5, 5.41) is 21.9. The van der Waals surface area contributed by atoms with Crippen LogP contribution >= 0.6 is 0 Å². The minimum atomic E-state index is -0.650. The largest absolute Gasteiger partial charge is 0.392 e. The molecule has 0 fully saturated rings. The molecule has 0 radical (unpaired) electrons. The van der Waals surface area contributed by atoms with E-state index in [0.717, 1.165) is 0 Å². The molecule has 0 aromatic heterocycles. The summed E-state index contributed by atoms with van der Waals surface area (Å²) in [6.07, 6.45) is -0.650. The van der Waals surface area contributed by atoms with Crippen LogP contribution < -0.4 is 5.32 Å². The number of hydrogen-bond donors (Lipinski definition) is 2. The standard InChI is InChI=1S/C10H12N2O4/c1-7(13)6-11-10(14)8-3-2-4-9(5-8)12(15)16/h2-5,7,13H,6H2,1H3,(H,11,14). The van der Waals surface area contributed by atoms with Crippen molar-refractivity contribution in [2.75, 3.05) is 6.54 Å². The van der Waals surface area contributed by atoms with Gasteiger partial charge in [0.2, 0.25) is 0 Å². The molecule has 0 saturated heterocycles. The Balaban J connectivity index is 2.76. The average Bonchev–Trinajstić information content (AvgIpc) is 2.26. The fourth-order valence-electron chi connectivity index (χ4n) is 1.10. The van der Waals surface area contributed by atoms with E-state index in [2.05, 4.69) is 5.32 Å². The quantitative estimate of drug-likeness (QED) is 0.581. The van der Waals surface area contributed by atoms with E-state index in [1.807, 2.05) is 0 Å². The number of aliphatic hydroxyl groups is 1. The summed E-state index contributed by atoms with van der Waals surface area (Å²) in [7, 11) is 0. The fourth-order valence-corrected chi connectivity index (χ4v) is 1.10. The number of aliphatic hydroxyl groups excluding tert-OH is 1. The lowest BCUT2D eigenvalue weighted by molar-refractivity contribution is -0.384. The Morgan fingerprint density at radius 3 is 2.88 bits per heavy atom. The van der Waals surface area contributed by atoms with Crippen molar-refractivity contribution in [2.45, 2.75) is 13.0 Å². The molecule has 2 N–H and O–H groups in total. The molecular formula is C10H12N2O4. The third kappa shape index (κ3) is 3.32. The Kier molecular flexibility index (Phi) is 3.96. The van der Waals surface area contributed by atoms with E-state index < -0.39 is 16.9 Å². The molecule has 16 heavy (non-hydrogen) atoms. The van der Waals surface area contributed by atoms with Gasteiger partial charge in [-0.15, -0.1) is 0 Å². The SMILES string of the molecule is CC(O)CNC(=O)c1cccc([N+](=O)[O-])c1. The molecule has 1 aromatic carbocycles. The lowest BCUT2D eigenvalue weighted by Crippen LogP contribution is -2.30. The van der Waals surface area contributed by atoms with Gasteiger partial charge in [-0.3, -0.25) is 14.9 Å². The van der Waals surface area contributed by atoms with Crippen molar-refractivity contribution in [1.82, 2.24) is 5.32 Å². The molecule has 0 spiro atoms. The predicted molar refractivity (Wildman–Crippen MR) is 57.1 cm³/mol. The number of carbonyl (C=O) groups is 1. The maximum Gasteiger partial charge on any atom is 0.270 e. The lowest BCUT2D eigenvalue weighted by atomic mass is 10.2. The summed E-state index contributed by atoms with van der Waals surface area (Å²) in [5.41, 5.74) is 0.0690. The van der Waals surface area contributed by atoms with Gasteiger partial charge in [-0.05, 0) is 13.0 Å². The third-order valence-electron chi connectivity index (χ3n) is 1.88. The molecular weight excluding hydrogens is 212 g/mol. The van der Waals surface area contributed by atoms with E-state index in [4.69, 9.17) is 5.11 Å². The van der Waals surface area contributed by atoms with Crippen LogP contribution in [0.15, 0.2) is 24.3 Å². The van der Waals surface area contributed by atoms with Gasteiger partial charge in [0.05, 0.1) is 11.0 Å².